The molecule has 0 atom stereocenters. The molecule has 2 aromatic heterocycles. The van der Waals surface area contributed by atoms with Crippen molar-refractivity contribution in [3.63, 3.8) is 0 Å². The Balaban J connectivity index is 1.96. The summed E-state index contributed by atoms with van der Waals surface area (Å²) in [4.78, 5) is 12.3. The fourth-order valence-corrected chi connectivity index (χ4v) is 3.19. The van der Waals surface area contributed by atoms with E-state index in [1.54, 1.807) is 6.07 Å². The molecular weight excluding hydrogens is 366 g/mol. The highest BCUT2D eigenvalue weighted by atomic mass is 32.2. The highest BCUT2D eigenvalue weighted by Gasteiger charge is 2.14. The van der Waals surface area contributed by atoms with E-state index in [2.05, 4.69) is 39.4 Å². The molecule has 0 saturated heterocycles. The molecule has 144 valence electrons. The molecule has 0 bridgehead atoms. The van der Waals surface area contributed by atoms with Crippen molar-refractivity contribution in [1.29, 1.82) is 0 Å². The molecule has 0 saturated carbocycles. The van der Waals surface area contributed by atoms with E-state index in [4.69, 9.17) is 4.74 Å². The van der Waals surface area contributed by atoms with E-state index in [0.717, 1.165) is 24.0 Å². The molecule has 0 spiro atoms. The number of ether oxygens (including phenoxy) is 1. The van der Waals surface area contributed by atoms with Crippen LogP contribution in [0.2, 0.25) is 0 Å². The fraction of sp³-hybridized carbons (Fsp3) is 0.333. The molecule has 0 aliphatic carbocycles. The van der Waals surface area contributed by atoms with E-state index in [-0.39, 0.29) is 4.90 Å². The normalized spacial score (nSPS) is 11.7. The number of hydrogen-bond acceptors (Lipinski definition) is 7. The van der Waals surface area contributed by atoms with E-state index in [1.165, 1.54) is 19.2 Å². The summed E-state index contributed by atoms with van der Waals surface area (Å²) >= 11 is 0. The van der Waals surface area contributed by atoms with E-state index in [1.807, 2.05) is 12.3 Å². The predicted molar refractivity (Wildman–Crippen MR) is 107 cm³/mol. The topological polar surface area (TPSA) is 109 Å². The minimum absolute atomic E-state index is 0.185. The van der Waals surface area contributed by atoms with E-state index >= 15 is 0 Å². The number of benzene rings is 1. The number of anilines is 3. The first-order chi connectivity index (χ1) is 12.8. The molecule has 3 rings (SSSR count). The first-order valence-electron chi connectivity index (χ1n) is 8.52. The van der Waals surface area contributed by atoms with Crippen LogP contribution in [0.3, 0.4) is 0 Å². The van der Waals surface area contributed by atoms with Gasteiger partial charge in [0.25, 0.3) is 0 Å². The van der Waals surface area contributed by atoms with Gasteiger partial charge >= 0.3 is 0 Å². The number of nitrogens with zero attached hydrogens (tertiary/aromatic N) is 2. The van der Waals surface area contributed by atoms with Gasteiger partial charge in [0.05, 0.1) is 23.1 Å². The minimum Gasteiger partial charge on any atom is -0.495 e. The van der Waals surface area contributed by atoms with Crippen molar-refractivity contribution in [2.75, 3.05) is 30.5 Å². The Labute approximate surface area is 158 Å². The first kappa shape index (κ1) is 19.0. The molecule has 0 radical (unpaired) electrons. The SMILES string of the molecule is COc1cc(S(C)(=O)=O)ccc1Nc1nc(NCC(C)C)c2cc[nH]c2n1. The summed E-state index contributed by atoms with van der Waals surface area (Å²) in [7, 11) is -1.84. The van der Waals surface area contributed by atoms with E-state index in [0.29, 0.717) is 29.0 Å². The van der Waals surface area contributed by atoms with Crippen molar-refractivity contribution in [3.05, 3.63) is 30.5 Å². The van der Waals surface area contributed by atoms with Gasteiger partial charge in [-0.1, -0.05) is 13.8 Å². The van der Waals surface area contributed by atoms with Gasteiger partial charge in [0.1, 0.15) is 17.2 Å². The van der Waals surface area contributed by atoms with Gasteiger partial charge in [0.2, 0.25) is 5.95 Å². The van der Waals surface area contributed by atoms with Gasteiger partial charge in [-0.2, -0.15) is 9.97 Å². The lowest BCUT2D eigenvalue weighted by Crippen LogP contribution is -2.11. The highest BCUT2D eigenvalue weighted by molar-refractivity contribution is 7.90. The molecule has 1 aromatic carbocycles. The monoisotopic (exact) mass is 389 g/mol. The number of sulfone groups is 1. The van der Waals surface area contributed by atoms with E-state index in [9.17, 15) is 8.42 Å². The quantitative estimate of drug-likeness (QED) is 0.569. The Morgan fingerprint density at radius 1 is 1.22 bits per heavy atom. The van der Waals surface area contributed by atoms with Gasteiger partial charge in [-0.15, -0.1) is 0 Å². The van der Waals surface area contributed by atoms with Crippen molar-refractivity contribution in [3.8, 4) is 5.75 Å². The van der Waals surface area contributed by atoms with Crippen LogP contribution >= 0.6 is 0 Å². The summed E-state index contributed by atoms with van der Waals surface area (Å²) in [6, 6.07) is 6.55. The second kappa shape index (κ2) is 7.43. The summed E-state index contributed by atoms with van der Waals surface area (Å²) < 4.78 is 28.8. The summed E-state index contributed by atoms with van der Waals surface area (Å²) in [6.07, 6.45) is 2.97. The zero-order valence-electron chi connectivity index (χ0n) is 15.7. The molecule has 27 heavy (non-hydrogen) atoms. The second-order valence-corrected chi connectivity index (χ2v) is 8.69. The summed E-state index contributed by atoms with van der Waals surface area (Å²) in [5.74, 6) is 1.96. The van der Waals surface area contributed by atoms with Crippen molar-refractivity contribution in [1.82, 2.24) is 15.0 Å². The molecule has 3 aromatic rings. The van der Waals surface area contributed by atoms with Gasteiger partial charge in [0, 0.05) is 25.1 Å². The van der Waals surface area contributed by atoms with Crippen molar-refractivity contribution < 1.29 is 13.2 Å². The predicted octanol–water partition coefficient (Wildman–Crippen LogP) is 3.18. The average Bonchev–Trinajstić information content (AvgIpc) is 3.07. The Morgan fingerprint density at radius 2 is 2.00 bits per heavy atom. The Hall–Kier alpha value is -2.81. The van der Waals surface area contributed by atoms with E-state index < -0.39 is 9.84 Å². The lowest BCUT2D eigenvalue weighted by Gasteiger charge is -2.13. The average molecular weight is 389 g/mol. The largest absolute Gasteiger partial charge is 0.495 e. The molecule has 0 aliphatic heterocycles. The number of nitrogens with one attached hydrogen (secondary N) is 3. The van der Waals surface area contributed by atoms with Crippen LogP contribution in [0, 0.1) is 5.92 Å². The van der Waals surface area contributed by atoms with Gasteiger partial charge in [-0.3, -0.25) is 0 Å². The fourth-order valence-electron chi connectivity index (χ4n) is 2.56. The number of aromatic amines is 1. The summed E-state index contributed by atoms with van der Waals surface area (Å²) in [6.45, 7) is 5.02. The lowest BCUT2D eigenvalue weighted by atomic mass is 10.2. The number of hydrogen-bond donors (Lipinski definition) is 3. The van der Waals surface area contributed by atoms with Crippen molar-refractivity contribution in [2.24, 2.45) is 5.92 Å². The Bertz CT molecular complexity index is 1060. The van der Waals surface area contributed by atoms with Gasteiger partial charge in [-0.05, 0) is 24.1 Å². The molecule has 0 unspecified atom stereocenters. The van der Waals surface area contributed by atoms with Crippen LogP contribution < -0.4 is 15.4 Å². The van der Waals surface area contributed by atoms with Crippen molar-refractivity contribution >= 4 is 38.3 Å². The molecular formula is C18H23N5O3S. The van der Waals surface area contributed by atoms with Crippen LogP contribution in [0.25, 0.3) is 11.0 Å². The maximum absolute atomic E-state index is 11.7. The number of aromatic nitrogens is 3. The summed E-state index contributed by atoms with van der Waals surface area (Å²) in [5, 5.41) is 7.35. The Morgan fingerprint density at radius 3 is 2.67 bits per heavy atom. The van der Waals surface area contributed by atoms with Crippen LogP contribution in [-0.4, -0.2) is 43.3 Å². The van der Waals surface area contributed by atoms with Crippen LogP contribution in [0.5, 0.6) is 5.75 Å². The first-order valence-corrected chi connectivity index (χ1v) is 10.4. The third-order valence-corrected chi connectivity index (χ3v) is 5.05. The van der Waals surface area contributed by atoms with Crippen LogP contribution in [0.15, 0.2) is 35.4 Å². The number of rotatable bonds is 7. The van der Waals surface area contributed by atoms with Crippen LogP contribution in [0.1, 0.15) is 13.8 Å². The Kier molecular flexibility index (Phi) is 5.22. The molecule has 0 amide bonds. The molecule has 8 nitrogen and oxygen atoms in total. The smallest absolute Gasteiger partial charge is 0.231 e. The maximum atomic E-state index is 11.7. The molecule has 0 aliphatic rings. The molecule has 9 heteroatoms. The minimum atomic E-state index is -3.32. The van der Waals surface area contributed by atoms with Crippen LogP contribution in [0.4, 0.5) is 17.5 Å². The van der Waals surface area contributed by atoms with Gasteiger partial charge in [0.15, 0.2) is 9.84 Å². The number of H-pyrrole nitrogens is 1. The van der Waals surface area contributed by atoms with Gasteiger partial charge in [-0.25, -0.2) is 8.42 Å². The molecule has 2 heterocycles. The number of methoxy groups -OCH3 is 1. The lowest BCUT2D eigenvalue weighted by molar-refractivity contribution is 0.415. The maximum Gasteiger partial charge on any atom is 0.231 e. The second-order valence-electron chi connectivity index (χ2n) is 6.67. The molecule has 3 N–H and O–H groups in total. The zero-order chi connectivity index (χ0) is 19.6. The van der Waals surface area contributed by atoms with Crippen molar-refractivity contribution in [2.45, 2.75) is 18.7 Å². The number of fused-ring (bicyclic) bond motifs is 1. The highest BCUT2D eigenvalue weighted by Crippen LogP contribution is 2.30. The standard InChI is InChI=1S/C18H23N5O3S/c1-11(2)10-20-17-13-7-8-19-16(13)22-18(23-17)21-14-6-5-12(27(4,24)25)9-15(14)26-3/h5-9,11H,10H2,1-4H3,(H3,19,20,21,22,23). The third kappa shape index (κ3) is 4.30. The summed E-state index contributed by atoms with van der Waals surface area (Å²) in [5.41, 5.74) is 1.27. The van der Waals surface area contributed by atoms with Crippen LogP contribution in [-0.2, 0) is 9.84 Å². The zero-order valence-corrected chi connectivity index (χ0v) is 16.5. The molecule has 0 fully saturated rings. The third-order valence-electron chi connectivity index (χ3n) is 3.94. The van der Waals surface area contributed by atoms with Gasteiger partial charge < -0.3 is 20.4 Å².